The number of hydrogen-bond acceptors (Lipinski definition) is 4. The number of halogens is 1. The Labute approximate surface area is 179 Å². The highest BCUT2D eigenvalue weighted by atomic mass is 127. The maximum atomic E-state index is 12.2. The van der Waals surface area contributed by atoms with Crippen LogP contribution in [-0.4, -0.2) is 63.0 Å². The third-order valence-electron chi connectivity index (χ3n) is 5.10. The SMILES string of the molecule is CN=C(NCc1cccc(N2CC=CC2)c1)N1CCS(=O)(=O)C(C)(C)C1.I. The summed E-state index contributed by atoms with van der Waals surface area (Å²) in [5.74, 6) is 0.916. The fourth-order valence-electron chi connectivity index (χ4n) is 3.39. The minimum absolute atomic E-state index is 0. The zero-order valence-electron chi connectivity index (χ0n) is 16.2. The Morgan fingerprint density at radius 3 is 2.59 bits per heavy atom. The summed E-state index contributed by atoms with van der Waals surface area (Å²) in [6.07, 6.45) is 4.36. The van der Waals surface area contributed by atoms with Crippen LogP contribution in [0.1, 0.15) is 19.4 Å². The molecule has 0 aliphatic carbocycles. The van der Waals surface area contributed by atoms with E-state index in [-0.39, 0.29) is 29.7 Å². The van der Waals surface area contributed by atoms with Crippen molar-refractivity contribution >= 4 is 45.5 Å². The van der Waals surface area contributed by atoms with E-state index in [1.165, 1.54) is 11.3 Å². The van der Waals surface area contributed by atoms with Crippen LogP contribution in [0, 0.1) is 0 Å². The molecule has 8 heteroatoms. The quantitative estimate of drug-likeness (QED) is 0.296. The van der Waals surface area contributed by atoms with E-state index in [9.17, 15) is 8.42 Å². The summed E-state index contributed by atoms with van der Waals surface area (Å²) in [4.78, 5) is 8.71. The minimum Gasteiger partial charge on any atom is -0.364 e. The Kier molecular flexibility index (Phi) is 7.18. The molecule has 2 aliphatic rings. The Bertz CT molecular complexity index is 813. The summed E-state index contributed by atoms with van der Waals surface area (Å²) < 4.78 is 23.7. The van der Waals surface area contributed by atoms with E-state index in [0.29, 0.717) is 19.6 Å². The number of nitrogens with one attached hydrogen (secondary N) is 1. The third kappa shape index (κ3) is 4.96. The van der Waals surface area contributed by atoms with Crippen molar-refractivity contribution < 1.29 is 8.42 Å². The average molecular weight is 504 g/mol. The van der Waals surface area contributed by atoms with E-state index >= 15 is 0 Å². The lowest BCUT2D eigenvalue weighted by molar-refractivity contribution is 0.353. The summed E-state index contributed by atoms with van der Waals surface area (Å²) in [6.45, 7) is 7.07. The molecule has 3 rings (SSSR count). The van der Waals surface area contributed by atoms with Crippen molar-refractivity contribution in [3.05, 3.63) is 42.0 Å². The van der Waals surface area contributed by atoms with Gasteiger partial charge in [-0.2, -0.15) is 0 Å². The summed E-state index contributed by atoms with van der Waals surface area (Å²) in [6, 6.07) is 8.49. The van der Waals surface area contributed by atoms with Crippen molar-refractivity contribution in [3.63, 3.8) is 0 Å². The minimum atomic E-state index is -3.05. The molecule has 0 aromatic heterocycles. The molecule has 2 heterocycles. The third-order valence-corrected chi connectivity index (χ3v) is 7.63. The smallest absolute Gasteiger partial charge is 0.193 e. The van der Waals surface area contributed by atoms with Crippen molar-refractivity contribution in [3.8, 4) is 0 Å². The second-order valence-corrected chi connectivity index (χ2v) is 10.2. The van der Waals surface area contributed by atoms with Gasteiger partial charge < -0.3 is 15.1 Å². The molecule has 0 amide bonds. The number of guanidine groups is 1. The van der Waals surface area contributed by atoms with Gasteiger partial charge in [-0.15, -0.1) is 24.0 Å². The summed E-state index contributed by atoms with van der Waals surface area (Å²) in [5, 5.41) is 3.39. The fourth-order valence-corrected chi connectivity index (χ4v) is 4.76. The fraction of sp³-hybridized carbons (Fsp3) is 0.526. The van der Waals surface area contributed by atoms with Gasteiger partial charge in [-0.1, -0.05) is 24.3 Å². The second-order valence-electron chi connectivity index (χ2n) is 7.45. The zero-order valence-corrected chi connectivity index (χ0v) is 19.3. The molecular weight excluding hydrogens is 475 g/mol. The van der Waals surface area contributed by atoms with Gasteiger partial charge in [-0.3, -0.25) is 4.99 Å². The number of rotatable bonds is 3. The number of benzene rings is 1. The van der Waals surface area contributed by atoms with Crippen LogP contribution in [0.15, 0.2) is 41.4 Å². The standard InChI is InChI=1S/C19H28N4O2S.HI/c1-19(2)15-23(11-12-26(19,24)25)18(20-3)21-14-16-7-6-8-17(13-16)22-9-4-5-10-22;/h4-8,13H,9-12,14-15H2,1-3H3,(H,20,21);1H. The van der Waals surface area contributed by atoms with Crippen LogP contribution in [0.5, 0.6) is 0 Å². The van der Waals surface area contributed by atoms with Gasteiger partial charge in [0, 0.05) is 45.5 Å². The Morgan fingerprint density at radius 1 is 1.26 bits per heavy atom. The largest absolute Gasteiger partial charge is 0.364 e. The predicted molar refractivity (Wildman–Crippen MR) is 123 cm³/mol. The highest BCUT2D eigenvalue weighted by Crippen LogP contribution is 2.24. The molecule has 0 saturated carbocycles. The lowest BCUT2D eigenvalue weighted by Gasteiger charge is -2.39. The number of hydrogen-bond donors (Lipinski definition) is 1. The lowest BCUT2D eigenvalue weighted by atomic mass is 10.2. The average Bonchev–Trinajstić information content (AvgIpc) is 3.13. The molecule has 150 valence electrons. The van der Waals surface area contributed by atoms with Crippen LogP contribution < -0.4 is 10.2 Å². The molecule has 1 aromatic carbocycles. The van der Waals surface area contributed by atoms with Crippen LogP contribution >= 0.6 is 24.0 Å². The second kappa shape index (κ2) is 8.81. The molecule has 0 bridgehead atoms. The summed E-state index contributed by atoms with van der Waals surface area (Å²) in [7, 11) is -1.31. The van der Waals surface area contributed by atoms with Crippen molar-refractivity contribution in [2.75, 3.05) is 43.9 Å². The van der Waals surface area contributed by atoms with Gasteiger partial charge in [-0.05, 0) is 31.5 Å². The molecular formula is C19H29IN4O2S. The van der Waals surface area contributed by atoms with Crippen LogP contribution in [0.3, 0.4) is 0 Å². The molecule has 6 nitrogen and oxygen atoms in total. The Hall–Kier alpha value is -1.29. The van der Waals surface area contributed by atoms with Gasteiger partial charge in [0.05, 0.1) is 10.5 Å². The number of aliphatic imine (C=N–C) groups is 1. The predicted octanol–water partition coefficient (Wildman–Crippen LogP) is 2.27. The molecule has 0 spiro atoms. The Morgan fingerprint density at radius 2 is 1.96 bits per heavy atom. The van der Waals surface area contributed by atoms with Crippen LogP contribution in [0.2, 0.25) is 0 Å². The van der Waals surface area contributed by atoms with Crippen molar-refractivity contribution in [1.82, 2.24) is 10.2 Å². The molecule has 27 heavy (non-hydrogen) atoms. The molecule has 1 fully saturated rings. The molecule has 0 unspecified atom stereocenters. The topological polar surface area (TPSA) is 65.0 Å². The summed E-state index contributed by atoms with van der Waals surface area (Å²) in [5.41, 5.74) is 2.40. The van der Waals surface area contributed by atoms with Crippen LogP contribution in [0.25, 0.3) is 0 Å². The van der Waals surface area contributed by atoms with Crippen molar-refractivity contribution in [2.45, 2.75) is 25.1 Å². The van der Waals surface area contributed by atoms with E-state index in [2.05, 4.69) is 51.6 Å². The summed E-state index contributed by atoms with van der Waals surface area (Å²) >= 11 is 0. The molecule has 1 N–H and O–H groups in total. The van der Waals surface area contributed by atoms with Crippen molar-refractivity contribution in [1.29, 1.82) is 0 Å². The maximum absolute atomic E-state index is 12.2. The van der Waals surface area contributed by atoms with E-state index in [1.807, 2.05) is 4.90 Å². The number of anilines is 1. The van der Waals surface area contributed by atoms with E-state index in [0.717, 1.165) is 19.0 Å². The maximum Gasteiger partial charge on any atom is 0.193 e. The van der Waals surface area contributed by atoms with E-state index in [4.69, 9.17) is 0 Å². The van der Waals surface area contributed by atoms with Crippen LogP contribution in [0.4, 0.5) is 5.69 Å². The van der Waals surface area contributed by atoms with Crippen molar-refractivity contribution in [2.24, 2.45) is 4.99 Å². The lowest BCUT2D eigenvalue weighted by Crippen LogP contribution is -2.57. The monoisotopic (exact) mass is 504 g/mol. The first-order valence-corrected chi connectivity index (χ1v) is 10.6. The van der Waals surface area contributed by atoms with Gasteiger partial charge in [0.15, 0.2) is 15.8 Å². The van der Waals surface area contributed by atoms with Gasteiger partial charge >= 0.3 is 0 Å². The first-order chi connectivity index (χ1) is 12.3. The zero-order chi connectivity index (χ0) is 18.8. The van der Waals surface area contributed by atoms with Gasteiger partial charge in [0.2, 0.25) is 0 Å². The molecule has 2 aliphatic heterocycles. The van der Waals surface area contributed by atoms with E-state index in [1.54, 1.807) is 20.9 Å². The van der Waals surface area contributed by atoms with Gasteiger partial charge in [-0.25, -0.2) is 8.42 Å². The van der Waals surface area contributed by atoms with Gasteiger partial charge in [0.25, 0.3) is 0 Å². The molecule has 0 radical (unpaired) electrons. The first kappa shape index (κ1) is 22.0. The molecule has 1 aromatic rings. The number of sulfone groups is 1. The Balaban J connectivity index is 0.00000261. The van der Waals surface area contributed by atoms with Gasteiger partial charge in [0.1, 0.15) is 0 Å². The highest BCUT2D eigenvalue weighted by Gasteiger charge is 2.40. The normalized spacial score (nSPS) is 21.1. The van der Waals surface area contributed by atoms with Crippen LogP contribution in [-0.2, 0) is 16.4 Å². The number of nitrogens with zero attached hydrogens (tertiary/aromatic N) is 3. The molecule has 0 atom stereocenters. The van der Waals surface area contributed by atoms with E-state index < -0.39 is 14.6 Å². The highest BCUT2D eigenvalue weighted by molar-refractivity contribution is 14.0. The molecule has 1 saturated heterocycles. The first-order valence-electron chi connectivity index (χ1n) is 8.99.